The Morgan fingerprint density at radius 3 is 2.63 bits per heavy atom. The molecule has 0 saturated carbocycles. The van der Waals surface area contributed by atoms with E-state index in [0.29, 0.717) is 22.4 Å². The van der Waals surface area contributed by atoms with Gasteiger partial charge < -0.3 is 10.4 Å². The fraction of sp³-hybridized carbons (Fsp3) is 0.176. The molecule has 1 atom stereocenters. The van der Waals surface area contributed by atoms with Gasteiger partial charge in [0.05, 0.1) is 18.3 Å². The van der Waals surface area contributed by atoms with E-state index < -0.39 is 17.9 Å². The Morgan fingerprint density at radius 1 is 1.26 bits per heavy atom. The Morgan fingerprint density at radius 2 is 1.96 bits per heavy atom. The number of aromatic nitrogens is 4. The highest BCUT2D eigenvalue weighted by molar-refractivity contribution is 6.35. The molecule has 0 aliphatic heterocycles. The Labute approximate surface area is 164 Å². The van der Waals surface area contributed by atoms with Gasteiger partial charge in [-0.15, -0.1) is 0 Å². The standard InChI is InChI=1S/C17H15Cl2N5O3/c1-10(17(26)27)24-8-11(7-20-24)16(25)21-15-5-6-23(22-15)9-12-13(18)3-2-4-14(12)19/h2-8,10H,9H2,1H3,(H,26,27)(H,21,22,25). The van der Waals surface area contributed by atoms with Gasteiger partial charge in [-0.2, -0.15) is 10.2 Å². The van der Waals surface area contributed by atoms with Crippen molar-refractivity contribution in [2.24, 2.45) is 0 Å². The largest absolute Gasteiger partial charge is 0.480 e. The number of carboxylic acid groups (broad SMARTS) is 1. The third-order valence-electron chi connectivity index (χ3n) is 3.88. The molecule has 0 spiro atoms. The van der Waals surface area contributed by atoms with Crippen molar-refractivity contribution in [3.8, 4) is 0 Å². The van der Waals surface area contributed by atoms with Crippen molar-refractivity contribution in [2.45, 2.75) is 19.5 Å². The van der Waals surface area contributed by atoms with E-state index in [1.54, 1.807) is 35.1 Å². The van der Waals surface area contributed by atoms with Gasteiger partial charge in [0.15, 0.2) is 5.82 Å². The molecule has 27 heavy (non-hydrogen) atoms. The summed E-state index contributed by atoms with van der Waals surface area (Å²) in [7, 11) is 0. The molecule has 1 aromatic carbocycles. The van der Waals surface area contributed by atoms with Crippen LogP contribution in [0.25, 0.3) is 0 Å². The maximum absolute atomic E-state index is 12.3. The summed E-state index contributed by atoms with van der Waals surface area (Å²) in [6.07, 6.45) is 4.36. The zero-order chi connectivity index (χ0) is 19.6. The van der Waals surface area contributed by atoms with Crippen molar-refractivity contribution in [3.05, 3.63) is 64.0 Å². The number of carbonyl (C=O) groups excluding carboxylic acids is 1. The molecule has 0 fully saturated rings. The van der Waals surface area contributed by atoms with Crippen molar-refractivity contribution < 1.29 is 14.7 Å². The lowest BCUT2D eigenvalue weighted by Crippen LogP contribution is -2.16. The average Bonchev–Trinajstić information content (AvgIpc) is 3.27. The monoisotopic (exact) mass is 407 g/mol. The number of anilines is 1. The Bertz CT molecular complexity index is 978. The van der Waals surface area contributed by atoms with Crippen LogP contribution in [0.2, 0.25) is 10.0 Å². The van der Waals surface area contributed by atoms with Crippen LogP contribution in [0.5, 0.6) is 0 Å². The van der Waals surface area contributed by atoms with E-state index in [1.165, 1.54) is 24.0 Å². The average molecular weight is 408 g/mol. The van der Waals surface area contributed by atoms with Crippen LogP contribution in [0.1, 0.15) is 28.9 Å². The van der Waals surface area contributed by atoms with Crippen LogP contribution < -0.4 is 5.32 Å². The van der Waals surface area contributed by atoms with E-state index in [9.17, 15) is 9.59 Å². The summed E-state index contributed by atoms with van der Waals surface area (Å²) >= 11 is 12.3. The van der Waals surface area contributed by atoms with Crippen molar-refractivity contribution in [1.29, 1.82) is 0 Å². The summed E-state index contributed by atoms with van der Waals surface area (Å²) in [4.78, 5) is 23.3. The minimum atomic E-state index is -1.04. The van der Waals surface area contributed by atoms with Gasteiger partial charge in [-0.3, -0.25) is 14.2 Å². The summed E-state index contributed by atoms with van der Waals surface area (Å²) in [6.45, 7) is 1.82. The number of amides is 1. The lowest BCUT2D eigenvalue weighted by Gasteiger charge is -2.07. The Balaban J connectivity index is 1.69. The number of halogens is 2. The SMILES string of the molecule is CC(C(=O)O)n1cc(C(=O)Nc2ccn(Cc3c(Cl)cccc3Cl)n2)cn1. The second kappa shape index (κ2) is 7.81. The number of nitrogens with zero attached hydrogens (tertiary/aromatic N) is 4. The van der Waals surface area contributed by atoms with Crippen LogP contribution in [-0.2, 0) is 11.3 Å². The third-order valence-corrected chi connectivity index (χ3v) is 4.59. The first kappa shape index (κ1) is 18.9. The molecular formula is C17H15Cl2N5O3. The molecule has 1 unspecified atom stereocenters. The number of benzene rings is 1. The summed E-state index contributed by atoms with van der Waals surface area (Å²) in [5.41, 5.74) is 0.956. The molecule has 0 aliphatic rings. The quantitative estimate of drug-likeness (QED) is 0.652. The first-order valence-corrected chi connectivity index (χ1v) is 8.65. The summed E-state index contributed by atoms with van der Waals surface area (Å²) in [5.74, 6) is -1.15. The minimum Gasteiger partial charge on any atom is -0.480 e. The summed E-state index contributed by atoms with van der Waals surface area (Å²) in [6, 6.07) is 6.00. The Hall–Kier alpha value is -2.84. The highest BCUT2D eigenvalue weighted by Gasteiger charge is 2.17. The van der Waals surface area contributed by atoms with Gasteiger partial charge in [0, 0.05) is 34.1 Å². The van der Waals surface area contributed by atoms with E-state index >= 15 is 0 Å². The van der Waals surface area contributed by atoms with Gasteiger partial charge in [-0.25, -0.2) is 4.79 Å². The predicted octanol–water partition coefficient (Wildman–Crippen LogP) is 3.33. The van der Waals surface area contributed by atoms with E-state index in [4.69, 9.17) is 28.3 Å². The molecule has 0 radical (unpaired) electrons. The molecule has 140 valence electrons. The van der Waals surface area contributed by atoms with Gasteiger partial charge in [0.25, 0.3) is 5.91 Å². The van der Waals surface area contributed by atoms with Crippen LogP contribution in [0, 0.1) is 0 Å². The first-order valence-electron chi connectivity index (χ1n) is 7.90. The van der Waals surface area contributed by atoms with Crippen molar-refractivity contribution in [2.75, 3.05) is 5.32 Å². The number of carbonyl (C=O) groups is 2. The van der Waals surface area contributed by atoms with Gasteiger partial charge in [-0.05, 0) is 19.1 Å². The highest BCUT2D eigenvalue weighted by atomic mass is 35.5. The maximum atomic E-state index is 12.3. The number of nitrogens with one attached hydrogen (secondary N) is 1. The highest BCUT2D eigenvalue weighted by Crippen LogP contribution is 2.25. The molecule has 0 bridgehead atoms. The number of aliphatic carboxylic acids is 1. The second-order valence-electron chi connectivity index (χ2n) is 5.78. The molecule has 1 amide bonds. The maximum Gasteiger partial charge on any atom is 0.328 e. The van der Waals surface area contributed by atoms with Crippen LogP contribution in [-0.4, -0.2) is 36.5 Å². The fourth-order valence-electron chi connectivity index (χ4n) is 2.33. The van der Waals surface area contributed by atoms with E-state index in [2.05, 4.69) is 15.5 Å². The molecule has 2 N–H and O–H groups in total. The van der Waals surface area contributed by atoms with Crippen molar-refractivity contribution >= 4 is 40.9 Å². The van der Waals surface area contributed by atoms with Crippen LogP contribution in [0.15, 0.2) is 42.9 Å². The molecule has 2 aromatic heterocycles. The summed E-state index contributed by atoms with van der Waals surface area (Å²) < 4.78 is 2.80. The van der Waals surface area contributed by atoms with Gasteiger partial charge in [-0.1, -0.05) is 29.3 Å². The van der Waals surface area contributed by atoms with Crippen LogP contribution in [0.3, 0.4) is 0 Å². The second-order valence-corrected chi connectivity index (χ2v) is 6.59. The van der Waals surface area contributed by atoms with E-state index in [-0.39, 0.29) is 5.56 Å². The molecule has 0 aliphatic carbocycles. The normalized spacial score (nSPS) is 12.0. The topological polar surface area (TPSA) is 102 Å². The fourth-order valence-corrected chi connectivity index (χ4v) is 2.85. The van der Waals surface area contributed by atoms with Crippen molar-refractivity contribution in [1.82, 2.24) is 19.6 Å². The number of carboxylic acids is 1. The Kier molecular flexibility index (Phi) is 5.48. The third kappa shape index (κ3) is 4.29. The van der Waals surface area contributed by atoms with Crippen molar-refractivity contribution in [3.63, 3.8) is 0 Å². The molecule has 0 saturated heterocycles. The number of hydrogen-bond acceptors (Lipinski definition) is 4. The van der Waals surface area contributed by atoms with E-state index in [1.807, 2.05) is 0 Å². The predicted molar refractivity (Wildman–Crippen MR) is 100 cm³/mol. The molecule has 8 nitrogen and oxygen atoms in total. The summed E-state index contributed by atoms with van der Waals surface area (Å²) in [5, 5.41) is 20.9. The molecule has 3 rings (SSSR count). The zero-order valence-electron chi connectivity index (χ0n) is 14.1. The van der Waals surface area contributed by atoms with Gasteiger partial charge >= 0.3 is 5.97 Å². The number of rotatable bonds is 6. The first-order chi connectivity index (χ1) is 12.8. The number of hydrogen-bond donors (Lipinski definition) is 2. The van der Waals surface area contributed by atoms with Gasteiger partial charge in [0.1, 0.15) is 6.04 Å². The molecular weight excluding hydrogens is 393 g/mol. The van der Waals surface area contributed by atoms with E-state index in [0.717, 1.165) is 5.56 Å². The van der Waals surface area contributed by atoms with Crippen LogP contribution >= 0.6 is 23.2 Å². The van der Waals surface area contributed by atoms with Crippen LogP contribution in [0.4, 0.5) is 5.82 Å². The molecule has 10 heteroatoms. The zero-order valence-corrected chi connectivity index (χ0v) is 15.6. The lowest BCUT2D eigenvalue weighted by atomic mass is 10.2. The molecule has 3 aromatic rings. The molecule has 2 heterocycles. The smallest absolute Gasteiger partial charge is 0.328 e. The minimum absolute atomic E-state index is 0.229. The van der Waals surface area contributed by atoms with Gasteiger partial charge in [0.2, 0.25) is 0 Å². The lowest BCUT2D eigenvalue weighted by molar-refractivity contribution is -0.140.